The molecule has 112 valence electrons. The first-order chi connectivity index (χ1) is 9.88. The van der Waals surface area contributed by atoms with E-state index in [2.05, 4.69) is 10.3 Å². The van der Waals surface area contributed by atoms with Gasteiger partial charge in [-0.3, -0.25) is 4.79 Å². The van der Waals surface area contributed by atoms with Gasteiger partial charge in [0.15, 0.2) is 0 Å². The van der Waals surface area contributed by atoms with Gasteiger partial charge < -0.3 is 9.88 Å². The van der Waals surface area contributed by atoms with Crippen molar-refractivity contribution in [1.29, 1.82) is 0 Å². The highest BCUT2D eigenvalue weighted by Crippen LogP contribution is 2.11. The molecule has 0 radical (unpaired) electrons. The summed E-state index contributed by atoms with van der Waals surface area (Å²) in [6, 6.07) is 9.39. The lowest BCUT2D eigenvalue weighted by atomic mass is 10.1. The summed E-state index contributed by atoms with van der Waals surface area (Å²) >= 11 is 0. The first kappa shape index (κ1) is 15.2. The molecule has 21 heavy (non-hydrogen) atoms. The fourth-order valence-electron chi connectivity index (χ4n) is 2.01. The number of hydrogen-bond acceptors (Lipinski definition) is 4. The Morgan fingerprint density at radius 1 is 1.33 bits per heavy atom. The lowest BCUT2D eigenvalue weighted by molar-refractivity contribution is -0.122. The van der Waals surface area contributed by atoms with Gasteiger partial charge in [0.2, 0.25) is 20.9 Å². The first-order valence-corrected chi connectivity index (χ1v) is 8.32. The third-order valence-electron chi connectivity index (χ3n) is 3.00. The Kier molecular flexibility index (Phi) is 4.42. The molecule has 0 bridgehead atoms. The van der Waals surface area contributed by atoms with E-state index >= 15 is 0 Å². The van der Waals surface area contributed by atoms with E-state index in [1.165, 1.54) is 17.0 Å². The number of rotatable bonds is 5. The largest absolute Gasteiger partial charge is 0.348 e. The third kappa shape index (κ3) is 3.91. The van der Waals surface area contributed by atoms with Crippen molar-refractivity contribution in [2.45, 2.75) is 24.7 Å². The second kappa shape index (κ2) is 6.09. The molecule has 0 saturated carbocycles. The summed E-state index contributed by atoms with van der Waals surface area (Å²) in [6.45, 7) is 1.79. The molecular weight excluding hydrogens is 290 g/mol. The second-order valence-corrected chi connectivity index (χ2v) is 6.72. The molecule has 2 aromatic rings. The van der Waals surface area contributed by atoms with Crippen LogP contribution in [0.4, 0.5) is 0 Å². The van der Waals surface area contributed by atoms with E-state index in [1.54, 1.807) is 0 Å². The molecule has 7 heteroatoms. The standard InChI is InChI=1S/C14H17N3O3S/c1-11(12-6-4-3-5-7-12)16-13(18)10-17-9-8-15-14(17)21(2,19)20/h3-9,11H,10H2,1-2H3,(H,16,18)/t11-/m1/s1. The maximum Gasteiger partial charge on any atom is 0.240 e. The van der Waals surface area contributed by atoms with Crippen LogP contribution in [0.15, 0.2) is 47.9 Å². The predicted molar refractivity (Wildman–Crippen MR) is 78.3 cm³/mol. The summed E-state index contributed by atoms with van der Waals surface area (Å²) in [5.74, 6) is -0.269. The molecule has 1 atom stereocenters. The van der Waals surface area contributed by atoms with Gasteiger partial charge >= 0.3 is 0 Å². The zero-order valence-corrected chi connectivity index (χ0v) is 12.7. The zero-order valence-electron chi connectivity index (χ0n) is 11.9. The van der Waals surface area contributed by atoms with Crippen LogP contribution in [-0.2, 0) is 21.2 Å². The summed E-state index contributed by atoms with van der Waals surface area (Å²) in [4.78, 5) is 15.8. The Morgan fingerprint density at radius 2 is 2.00 bits per heavy atom. The van der Waals surface area contributed by atoms with E-state index in [-0.39, 0.29) is 23.7 Å². The number of nitrogens with one attached hydrogen (secondary N) is 1. The molecule has 0 spiro atoms. The number of hydrogen-bond donors (Lipinski definition) is 1. The summed E-state index contributed by atoms with van der Waals surface area (Å²) in [6.07, 6.45) is 3.91. The number of aromatic nitrogens is 2. The number of nitrogens with zero attached hydrogens (tertiary/aromatic N) is 2. The highest BCUT2D eigenvalue weighted by molar-refractivity contribution is 7.90. The van der Waals surface area contributed by atoms with Crippen molar-refractivity contribution in [3.63, 3.8) is 0 Å². The fourth-order valence-corrected chi connectivity index (χ4v) is 2.82. The van der Waals surface area contributed by atoms with Crippen molar-refractivity contribution in [3.05, 3.63) is 48.3 Å². The Hall–Kier alpha value is -2.15. The molecule has 2 rings (SSSR count). The quantitative estimate of drug-likeness (QED) is 0.899. The van der Waals surface area contributed by atoms with E-state index in [0.29, 0.717) is 0 Å². The minimum absolute atomic E-state index is 0.0838. The van der Waals surface area contributed by atoms with E-state index < -0.39 is 9.84 Å². The van der Waals surface area contributed by atoms with Crippen LogP contribution in [-0.4, -0.2) is 30.1 Å². The van der Waals surface area contributed by atoms with Crippen LogP contribution in [0.25, 0.3) is 0 Å². The highest BCUT2D eigenvalue weighted by Gasteiger charge is 2.17. The molecule has 6 nitrogen and oxygen atoms in total. The van der Waals surface area contributed by atoms with Gasteiger partial charge in [0.05, 0.1) is 6.04 Å². The number of carbonyl (C=O) groups is 1. The molecule has 0 aliphatic carbocycles. The van der Waals surface area contributed by atoms with E-state index in [1.807, 2.05) is 37.3 Å². The van der Waals surface area contributed by atoms with Crippen LogP contribution in [0.2, 0.25) is 0 Å². The Labute approximate surface area is 123 Å². The minimum atomic E-state index is -3.44. The Bertz CT molecular complexity index is 723. The number of benzene rings is 1. The van der Waals surface area contributed by atoms with Crippen molar-refractivity contribution >= 4 is 15.7 Å². The monoisotopic (exact) mass is 307 g/mol. The maximum atomic E-state index is 12.0. The van der Waals surface area contributed by atoms with Gasteiger partial charge in [0, 0.05) is 18.6 Å². The number of sulfone groups is 1. The van der Waals surface area contributed by atoms with Crippen LogP contribution in [0, 0.1) is 0 Å². The smallest absolute Gasteiger partial charge is 0.240 e. The van der Waals surface area contributed by atoms with Gasteiger partial charge in [-0.25, -0.2) is 13.4 Å². The number of imidazole rings is 1. The zero-order chi connectivity index (χ0) is 15.5. The minimum Gasteiger partial charge on any atom is -0.348 e. The number of carbonyl (C=O) groups excluding carboxylic acids is 1. The average Bonchev–Trinajstić information content (AvgIpc) is 2.87. The lowest BCUT2D eigenvalue weighted by Gasteiger charge is -2.15. The normalized spacial score (nSPS) is 12.9. The summed E-state index contributed by atoms with van der Waals surface area (Å²) < 4.78 is 24.4. The molecule has 1 heterocycles. The van der Waals surface area contributed by atoms with Crippen molar-refractivity contribution in [3.8, 4) is 0 Å². The van der Waals surface area contributed by atoms with E-state index in [9.17, 15) is 13.2 Å². The predicted octanol–water partition coefficient (Wildman–Crippen LogP) is 1.16. The lowest BCUT2D eigenvalue weighted by Crippen LogP contribution is -2.30. The van der Waals surface area contributed by atoms with Crippen LogP contribution in [0.3, 0.4) is 0 Å². The Morgan fingerprint density at radius 3 is 2.62 bits per heavy atom. The second-order valence-electron chi connectivity index (χ2n) is 4.81. The fraction of sp³-hybridized carbons (Fsp3) is 0.286. The van der Waals surface area contributed by atoms with Gasteiger partial charge in [-0.05, 0) is 12.5 Å². The molecule has 1 N–H and O–H groups in total. The van der Waals surface area contributed by atoms with Gasteiger partial charge in [-0.2, -0.15) is 0 Å². The molecule has 0 aliphatic rings. The van der Waals surface area contributed by atoms with Crippen molar-refractivity contribution in [2.75, 3.05) is 6.26 Å². The first-order valence-electron chi connectivity index (χ1n) is 6.43. The maximum absolute atomic E-state index is 12.0. The van der Waals surface area contributed by atoms with Crippen LogP contribution in [0.5, 0.6) is 0 Å². The molecule has 1 aromatic carbocycles. The van der Waals surface area contributed by atoms with Gasteiger partial charge in [-0.1, -0.05) is 30.3 Å². The average molecular weight is 307 g/mol. The van der Waals surface area contributed by atoms with Crippen molar-refractivity contribution in [2.24, 2.45) is 0 Å². The van der Waals surface area contributed by atoms with Gasteiger partial charge in [-0.15, -0.1) is 0 Å². The van der Waals surface area contributed by atoms with Crippen molar-refractivity contribution < 1.29 is 13.2 Å². The van der Waals surface area contributed by atoms with E-state index in [0.717, 1.165) is 11.8 Å². The van der Waals surface area contributed by atoms with Crippen molar-refractivity contribution in [1.82, 2.24) is 14.9 Å². The third-order valence-corrected chi connectivity index (χ3v) is 4.00. The summed E-state index contributed by atoms with van der Waals surface area (Å²) in [5, 5.41) is 2.72. The van der Waals surface area contributed by atoms with Gasteiger partial charge in [0.25, 0.3) is 0 Å². The Balaban J connectivity index is 2.05. The van der Waals surface area contributed by atoms with Crippen LogP contribution < -0.4 is 5.32 Å². The molecular formula is C14H17N3O3S. The molecule has 0 saturated heterocycles. The highest BCUT2D eigenvalue weighted by atomic mass is 32.2. The molecule has 1 aromatic heterocycles. The molecule has 0 aliphatic heterocycles. The summed E-state index contributed by atoms with van der Waals surface area (Å²) in [7, 11) is -3.44. The van der Waals surface area contributed by atoms with Gasteiger partial charge in [0.1, 0.15) is 6.54 Å². The topological polar surface area (TPSA) is 81.1 Å². The van der Waals surface area contributed by atoms with Crippen LogP contribution in [0.1, 0.15) is 18.5 Å². The molecule has 1 amide bonds. The SMILES string of the molecule is C[C@@H](NC(=O)Cn1ccnc1S(C)(=O)=O)c1ccccc1. The van der Waals surface area contributed by atoms with E-state index in [4.69, 9.17) is 0 Å². The molecule has 0 unspecified atom stereocenters. The number of amides is 1. The summed E-state index contributed by atoms with van der Waals surface area (Å²) in [5.41, 5.74) is 0.986. The van der Waals surface area contributed by atoms with Crippen LogP contribution >= 0.6 is 0 Å². The molecule has 0 fully saturated rings.